The number of hydrogen-bond donors (Lipinski definition) is 0. The first-order valence-corrected chi connectivity index (χ1v) is 4.47. The molecule has 0 N–H and O–H groups in total. The molecular formula is C7H8INO. The SMILES string of the molecule is Cc1ccc(OCI)nc1. The van der Waals surface area contributed by atoms with Gasteiger partial charge >= 0.3 is 0 Å². The number of halogens is 1. The molecule has 0 atom stereocenters. The molecule has 0 aliphatic rings. The average molecular weight is 249 g/mol. The van der Waals surface area contributed by atoms with Crippen LogP contribution >= 0.6 is 22.6 Å². The van der Waals surface area contributed by atoms with Crippen molar-refractivity contribution in [2.24, 2.45) is 0 Å². The highest BCUT2D eigenvalue weighted by Gasteiger charge is 1.90. The summed E-state index contributed by atoms with van der Waals surface area (Å²) in [5.41, 5.74) is 1.15. The molecule has 1 heterocycles. The van der Waals surface area contributed by atoms with Crippen LogP contribution in [0.4, 0.5) is 0 Å². The van der Waals surface area contributed by atoms with Gasteiger partial charge in [-0.15, -0.1) is 0 Å². The number of rotatable bonds is 2. The summed E-state index contributed by atoms with van der Waals surface area (Å²) >= 11 is 2.14. The van der Waals surface area contributed by atoms with Crippen molar-refractivity contribution in [3.05, 3.63) is 23.9 Å². The molecule has 2 nitrogen and oxygen atoms in total. The molecule has 1 aromatic heterocycles. The Bertz CT molecular complexity index is 197. The minimum atomic E-state index is 0.647. The number of ether oxygens (including phenoxy) is 1. The van der Waals surface area contributed by atoms with Crippen molar-refractivity contribution in [2.45, 2.75) is 6.92 Å². The third-order valence-electron chi connectivity index (χ3n) is 1.09. The molecule has 3 heteroatoms. The lowest BCUT2D eigenvalue weighted by Crippen LogP contribution is -1.90. The van der Waals surface area contributed by atoms with Crippen LogP contribution in [0.1, 0.15) is 5.56 Å². The van der Waals surface area contributed by atoms with Crippen molar-refractivity contribution in [3.8, 4) is 5.88 Å². The molecule has 1 rings (SSSR count). The number of nitrogens with zero attached hydrogens (tertiary/aromatic N) is 1. The number of aryl methyl sites for hydroxylation is 1. The van der Waals surface area contributed by atoms with Gasteiger partial charge in [0.2, 0.25) is 5.88 Å². The van der Waals surface area contributed by atoms with Crippen LogP contribution in [0.25, 0.3) is 0 Å². The lowest BCUT2D eigenvalue weighted by atomic mass is 10.3. The van der Waals surface area contributed by atoms with Gasteiger partial charge in [0, 0.05) is 12.3 Å². The van der Waals surface area contributed by atoms with E-state index in [9.17, 15) is 0 Å². The molecule has 0 amide bonds. The molecule has 0 aromatic carbocycles. The predicted molar refractivity (Wildman–Crippen MR) is 48.5 cm³/mol. The van der Waals surface area contributed by atoms with E-state index >= 15 is 0 Å². The van der Waals surface area contributed by atoms with Crippen molar-refractivity contribution in [3.63, 3.8) is 0 Å². The Morgan fingerprint density at radius 1 is 1.60 bits per heavy atom. The summed E-state index contributed by atoms with van der Waals surface area (Å²) in [6.45, 7) is 2.00. The van der Waals surface area contributed by atoms with Gasteiger partial charge in [0.25, 0.3) is 0 Å². The Kier molecular flexibility index (Phi) is 2.92. The zero-order chi connectivity index (χ0) is 7.40. The molecule has 0 aliphatic heterocycles. The number of aromatic nitrogens is 1. The minimum Gasteiger partial charge on any atom is -0.467 e. The summed E-state index contributed by atoms with van der Waals surface area (Å²) in [6, 6.07) is 3.85. The smallest absolute Gasteiger partial charge is 0.213 e. The minimum absolute atomic E-state index is 0.647. The summed E-state index contributed by atoms with van der Waals surface area (Å²) in [6.07, 6.45) is 1.79. The van der Waals surface area contributed by atoms with E-state index in [0.29, 0.717) is 10.5 Å². The van der Waals surface area contributed by atoms with Gasteiger partial charge in [-0.3, -0.25) is 0 Å². The second-order valence-electron chi connectivity index (χ2n) is 1.93. The molecule has 1 aromatic rings. The second-order valence-corrected chi connectivity index (χ2v) is 2.55. The van der Waals surface area contributed by atoms with Crippen LogP contribution in [0.5, 0.6) is 5.88 Å². The zero-order valence-corrected chi connectivity index (χ0v) is 7.83. The zero-order valence-electron chi connectivity index (χ0n) is 5.67. The quantitative estimate of drug-likeness (QED) is 0.591. The molecular weight excluding hydrogens is 241 g/mol. The first-order valence-electron chi connectivity index (χ1n) is 2.94. The van der Waals surface area contributed by atoms with Gasteiger partial charge in [0.05, 0.1) is 0 Å². The lowest BCUT2D eigenvalue weighted by molar-refractivity contribution is 0.388. The fourth-order valence-corrected chi connectivity index (χ4v) is 0.915. The van der Waals surface area contributed by atoms with Crippen molar-refractivity contribution in [2.75, 3.05) is 4.61 Å². The molecule has 0 spiro atoms. The normalized spacial score (nSPS) is 9.40. The molecule has 0 aliphatic carbocycles. The Labute approximate surface area is 73.8 Å². The highest BCUT2D eigenvalue weighted by molar-refractivity contribution is 14.1. The Morgan fingerprint density at radius 3 is 2.90 bits per heavy atom. The highest BCUT2D eigenvalue weighted by Crippen LogP contribution is 2.06. The number of alkyl halides is 1. The summed E-state index contributed by atoms with van der Waals surface area (Å²) in [7, 11) is 0. The molecule has 0 bridgehead atoms. The summed E-state index contributed by atoms with van der Waals surface area (Å²) in [5, 5.41) is 0. The topological polar surface area (TPSA) is 22.1 Å². The highest BCUT2D eigenvalue weighted by atomic mass is 127. The Hall–Kier alpha value is -0.320. The van der Waals surface area contributed by atoms with E-state index in [2.05, 4.69) is 27.6 Å². The monoisotopic (exact) mass is 249 g/mol. The average Bonchev–Trinajstić information content (AvgIpc) is 1.95. The summed E-state index contributed by atoms with van der Waals surface area (Å²) < 4.78 is 5.78. The molecule has 0 unspecified atom stereocenters. The van der Waals surface area contributed by atoms with E-state index in [1.54, 1.807) is 6.20 Å². The molecule has 0 radical (unpaired) electrons. The predicted octanol–water partition coefficient (Wildman–Crippen LogP) is 2.16. The van der Waals surface area contributed by atoms with Gasteiger partial charge in [-0.2, -0.15) is 0 Å². The van der Waals surface area contributed by atoms with Gasteiger partial charge in [0.15, 0.2) is 0 Å². The Balaban J connectivity index is 2.69. The van der Waals surface area contributed by atoms with Crippen molar-refractivity contribution in [1.82, 2.24) is 4.98 Å². The molecule has 10 heavy (non-hydrogen) atoms. The fourth-order valence-electron chi connectivity index (χ4n) is 0.596. The maximum Gasteiger partial charge on any atom is 0.213 e. The van der Waals surface area contributed by atoms with Crippen LogP contribution < -0.4 is 4.74 Å². The maximum atomic E-state index is 5.14. The largest absolute Gasteiger partial charge is 0.467 e. The van der Waals surface area contributed by atoms with Crippen LogP contribution in [0.2, 0.25) is 0 Å². The number of pyridine rings is 1. The van der Waals surface area contributed by atoms with Crippen LogP contribution in [0, 0.1) is 6.92 Å². The van der Waals surface area contributed by atoms with Crippen LogP contribution in [0.3, 0.4) is 0 Å². The lowest BCUT2D eigenvalue weighted by Gasteiger charge is -1.98. The molecule has 54 valence electrons. The van der Waals surface area contributed by atoms with E-state index < -0.39 is 0 Å². The van der Waals surface area contributed by atoms with Crippen molar-refractivity contribution in [1.29, 1.82) is 0 Å². The van der Waals surface area contributed by atoms with Gasteiger partial charge < -0.3 is 4.74 Å². The summed E-state index contributed by atoms with van der Waals surface area (Å²) in [5.74, 6) is 0.694. The van der Waals surface area contributed by atoms with E-state index in [1.807, 2.05) is 19.1 Å². The van der Waals surface area contributed by atoms with Crippen LogP contribution in [-0.4, -0.2) is 9.60 Å². The fraction of sp³-hybridized carbons (Fsp3) is 0.286. The molecule has 0 saturated heterocycles. The van der Waals surface area contributed by atoms with Gasteiger partial charge in [-0.1, -0.05) is 6.07 Å². The first-order chi connectivity index (χ1) is 4.83. The van der Waals surface area contributed by atoms with E-state index in [-0.39, 0.29) is 0 Å². The summed E-state index contributed by atoms with van der Waals surface area (Å²) in [4.78, 5) is 4.04. The van der Waals surface area contributed by atoms with E-state index in [0.717, 1.165) is 5.56 Å². The van der Waals surface area contributed by atoms with Gasteiger partial charge in [0.1, 0.15) is 4.61 Å². The third-order valence-corrected chi connectivity index (χ3v) is 1.40. The molecule has 0 saturated carbocycles. The van der Waals surface area contributed by atoms with Gasteiger partial charge in [-0.05, 0) is 35.1 Å². The third kappa shape index (κ3) is 2.13. The van der Waals surface area contributed by atoms with Gasteiger partial charge in [-0.25, -0.2) is 4.98 Å². The maximum absolute atomic E-state index is 5.14. The number of hydrogen-bond acceptors (Lipinski definition) is 2. The van der Waals surface area contributed by atoms with Crippen molar-refractivity contribution < 1.29 is 4.74 Å². The molecule has 0 fully saturated rings. The Morgan fingerprint density at radius 2 is 2.40 bits per heavy atom. The van der Waals surface area contributed by atoms with Crippen molar-refractivity contribution >= 4 is 22.6 Å². The second kappa shape index (κ2) is 3.75. The van der Waals surface area contributed by atoms with Crippen LogP contribution in [-0.2, 0) is 0 Å². The first kappa shape index (κ1) is 7.78. The standard InChI is InChI=1S/C7H8INO/c1-6-2-3-7(9-4-6)10-5-8/h2-4H,5H2,1H3. The van der Waals surface area contributed by atoms with Crippen LogP contribution in [0.15, 0.2) is 18.3 Å². The van der Waals surface area contributed by atoms with E-state index in [1.165, 1.54) is 0 Å². The van der Waals surface area contributed by atoms with E-state index in [4.69, 9.17) is 4.74 Å².